The van der Waals surface area contributed by atoms with Crippen LogP contribution in [0.25, 0.3) is 0 Å². The number of hydrogen-bond acceptors (Lipinski definition) is 6. The number of rotatable bonds is 6. The first kappa shape index (κ1) is 19.8. The molecule has 1 aliphatic heterocycles. The smallest absolute Gasteiger partial charge is 0.229 e. The highest BCUT2D eigenvalue weighted by molar-refractivity contribution is 9.10. The van der Waals surface area contributed by atoms with Crippen LogP contribution in [-0.2, 0) is 6.54 Å². The Morgan fingerprint density at radius 2 is 1.81 bits per heavy atom. The lowest BCUT2D eigenvalue weighted by Gasteiger charge is -2.40. The fourth-order valence-corrected chi connectivity index (χ4v) is 3.77. The molecule has 7 heteroatoms. The first-order valence-electron chi connectivity index (χ1n) is 8.96. The van der Waals surface area contributed by atoms with Crippen LogP contribution < -0.4 is 19.1 Å². The van der Waals surface area contributed by atoms with Gasteiger partial charge >= 0.3 is 0 Å². The van der Waals surface area contributed by atoms with Crippen LogP contribution in [0.4, 0.5) is 5.82 Å². The second-order valence-corrected chi connectivity index (χ2v) is 7.47. The van der Waals surface area contributed by atoms with Crippen molar-refractivity contribution in [3.63, 3.8) is 0 Å². The van der Waals surface area contributed by atoms with Gasteiger partial charge in [0.1, 0.15) is 5.82 Å². The quantitative estimate of drug-likeness (QED) is 0.690. The van der Waals surface area contributed by atoms with Gasteiger partial charge in [0.2, 0.25) is 5.88 Å². The molecule has 0 radical (unpaired) electrons. The minimum Gasteiger partial charge on any atom is -0.493 e. The molecule has 1 saturated heterocycles. The standard InChI is InChI=1S/C20H26BrN3O3/c1-14-12-24(19-8-6-16(21)20(22-19)27-4)10-9-23(14)13-15-5-7-17(25-2)18(11-15)26-3/h5-8,11,14H,9-10,12-13H2,1-4H3. The Bertz CT molecular complexity index is 787. The molecular formula is C20H26BrN3O3. The Hall–Kier alpha value is -1.99. The summed E-state index contributed by atoms with van der Waals surface area (Å²) in [6.07, 6.45) is 0. The molecule has 1 fully saturated rings. The van der Waals surface area contributed by atoms with Crippen LogP contribution in [-0.4, -0.2) is 56.9 Å². The summed E-state index contributed by atoms with van der Waals surface area (Å²) in [7, 11) is 4.97. The number of halogens is 1. The van der Waals surface area contributed by atoms with Gasteiger partial charge in [-0.1, -0.05) is 6.07 Å². The summed E-state index contributed by atoms with van der Waals surface area (Å²) in [6.45, 7) is 5.95. The van der Waals surface area contributed by atoms with E-state index in [4.69, 9.17) is 14.2 Å². The van der Waals surface area contributed by atoms with Crippen molar-refractivity contribution >= 4 is 21.7 Å². The SMILES string of the molecule is COc1ccc(CN2CCN(c3ccc(Br)c(OC)n3)CC2C)cc1OC. The molecule has 1 aliphatic rings. The molecule has 0 aliphatic carbocycles. The topological polar surface area (TPSA) is 47.1 Å². The first-order valence-corrected chi connectivity index (χ1v) is 9.75. The molecule has 27 heavy (non-hydrogen) atoms. The number of methoxy groups -OCH3 is 3. The maximum atomic E-state index is 5.42. The Labute approximate surface area is 169 Å². The van der Waals surface area contributed by atoms with Crippen LogP contribution in [0.3, 0.4) is 0 Å². The third-order valence-corrected chi connectivity index (χ3v) is 5.52. The highest BCUT2D eigenvalue weighted by Gasteiger charge is 2.25. The summed E-state index contributed by atoms with van der Waals surface area (Å²) in [5, 5.41) is 0. The number of ether oxygens (including phenoxy) is 3. The Kier molecular flexibility index (Phi) is 6.44. The monoisotopic (exact) mass is 435 g/mol. The molecule has 2 aromatic rings. The van der Waals surface area contributed by atoms with Crippen molar-refractivity contribution in [2.24, 2.45) is 0 Å². The number of benzene rings is 1. The van der Waals surface area contributed by atoms with Crippen molar-refractivity contribution in [3.8, 4) is 17.4 Å². The van der Waals surface area contributed by atoms with Gasteiger partial charge in [-0.15, -0.1) is 0 Å². The predicted octanol–water partition coefficient (Wildman–Crippen LogP) is 3.58. The highest BCUT2D eigenvalue weighted by Crippen LogP contribution is 2.30. The van der Waals surface area contributed by atoms with E-state index in [1.807, 2.05) is 18.2 Å². The van der Waals surface area contributed by atoms with E-state index in [1.165, 1.54) is 5.56 Å². The number of nitrogens with zero attached hydrogens (tertiary/aromatic N) is 3. The average Bonchev–Trinajstić information content (AvgIpc) is 2.69. The molecule has 1 aromatic heterocycles. The third kappa shape index (κ3) is 4.47. The molecule has 0 spiro atoms. The number of pyridine rings is 1. The lowest BCUT2D eigenvalue weighted by Crippen LogP contribution is -2.51. The van der Waals surface area contributed by atoms with E-state index in [2.05, 4.69) is 49.8 Å². The van der Waals surface area contributed by atoms with Crippen LogP contribution in [0.5, 0.6) is 17.4 Å². The summed E-state index contributed by atoms with van der Waals surface area (Å²) < 4.78 is 16.9. The van der Waals surface area contributed by atoms with Gasteiger partial charge in [-0.3, -0.25) is 4.90 Å². The lowest BCUT2D eigenvalue weighted by molar-refractivity contribution is 0.180. The van der Waals surface area contributed by atoms with E-state index in [-0.39, 0.29) is 0 Å². The molecule has 1 atom stereocenters. The zero-order valence-corrected chi connectivity index (χ0v) is 17.8. The number of aromatic nitrogens is 1. The molecule has 0 bridgehead atoms. The van der Waals surface area contributed by atoms with Gasteiger partial charge in [0.25, 0.3) is 0 Å². The first-order chi connectivity index (χ1) is 13.0. The zero-order valence-electron chi connectivity index (χ0n) is 16.2. The predicted molar refractivity (Wildman–Crippen MR) is 110 cm³/mol. The number of anilines is 1. The van der Waals surface area contributed by atoms with Crippen LogP contribution in [0.1, 0.15) is 12.5 Å². The Morgan fingerprint density at radius 3 is 2.48 bits per heavy atom. The number of piperazine rings is 1. The average molecular weight is 436 g/mol. The summed E-state index contributed by atoms with van der Waals surface area (Å²) in [5.41, 5.74) is 1.22. The van der Waals surface area contributed by atoms with Gasteiger partial charge in [-0.2, -0.15) is 4.98 Å². The maximum Gasteiger partial charge on any atom is 0.229 e. The normalized spacial score (nSPS) is 17.7. The fraction of sp³-hybridized carbons (Fsp3) is 0.450. The summed E-state index contributed by atoms with van der Waals surface area (Å²) >= 11 is 3.46. The molecule has 1 aromatic carbocycles. The molecule has 6 nitrogen and oxygen atoms in total. The molecule has 1 unspecified atom stereocenters. The molecule has 0 amide bonds. The molecule has 146 valence electrons. The van der Waals surface area contributed by atoms with Crippen LogP contribution in [0.15, 0.2) is 34.8 Å². The second-order valence-electron chi connectivity index (χ2n) is 6.62. The fourth-order valence-electron chi connectivity index (χ4n) is 3.38. The Balaban J connectivity index is 1.67. The van der Waals surface area contributed by atoms with Crippen molar-refractivity contribution in [1.82, 2.24) is 9.88 Å². The molecule has 0 saturated carbocycles. The van der Waals surface area contributed by atoms with Crippen molar-refractivity contribution < 1.29 is 14.2 Å². The van der Waals surface area contributed by atoms with Gasteiger partial charge in [-0.25, -0.2) is 0 Å². The second kappa shape index (κ2) is 8.80. The van der Waals surface area contributed by atoms with Crippen LogP contribution in [0, 0.1) is 0 Å². The van der Waals surface area contributed by atoms with Gasteiger partial charge in [-0.05, 0) is 52.7 Å². The van der Waals surface area contributed by atoms with E-state index < -0.39 is 0 Å². The van der Waals surface area contributed by atoms with E-state index >= 15 is 0 Å². The molecule has 2 heterocycles. The van der Waals surface area contributed by atoms with E-state index in [1.54, 1.807) is 21.3 Å². The lowest BCUT2D eigenvalue weighted by atomic mass is 10.1. The van der Waals surface area contributed by atoms with E-state index in [9.17, 15) is 0 Å². The van der Waals surface area contributed by atoms with Crippen molar-refractivity contribution in [2.45, 2.75) is 19.5 Å². The molecule has 3 rings (SSSR count). The van der Waals surface area contributed by atoms with Crippen LogP contribution >= 0.6 is 15.9 Å². The zero-order chi connectivity index (χ0) is 19.4. The minimum absolute atomic E-state index is 0.406. The molecular weight excluding hydrogens is 410 g/mol. The van der Waals surface area contributed by atoms with Gasteiger partial charge in [0, 0.05) is 32.2 Å². The summed E-state index contributed by atoms with van der Waals surface area (Å²) in [6, 6.07) is 10.5. The van der Waals surface area contributed by atoms with Crippen molar-refractivity contribution in [1.29, 1.82) is 0 Å². The van der Waals surface area contributed by atoms with Gasteiger partial charge in [0.05, 0.1) is 25.8 Å². The highest BCUT2D eigenvalue weighted by atomic mass is 79.9. The van der Waals surface area contributed by atoms with Gasteiger partial charge in [0.15, 0.2) is 11.5 Å². The van der Waals surface area contributed by atoms with Crippen molar-refractivity contribution in [3.05, 3.63) is 40.4 Å². The third-order valence-electron chi connectivity index (χ3n) is 4.92. The number of hydrogen-bond donors (Lipinski definition) is 0. The maximum absolute atomic E-state index is 5.42. The summed E-state index contributed by atoms with van der Waals surface area (Å²) in [5.74, 6) is 3.10. The van der Waals surface area contributed by atoms with Crippen molar-refractivity contribution in [2.75, 3.05) is 45.9 Å². The molecule has 0 N–H and O–H groups in total. The van der Waals surface area contributed by atoms with Crippen LogP contribution in [0.2, 0.25) is 0 Å². The summed E-state index contributed by atoms with van der Waals surface area (Å²) in [4.78, 5) is 9.40. The van der Waals surface area contributed by atoms with Gasteiger partial charge < -0.3 is 19.1 Å². The minimum atomic E-state index is 0.406. The Morgan fingerprint density at radius 1 is 1.04 bits per heavy atom. The van der Waals surface area contributed by atoms with E-state index in [0.29, 0.717) is 11.9 Å². The largest absolute Gasteiger partial charge is 0.493 e. The van der Waals surface area contributed by atoms with E-state index in [0.717, 1.165) is 48.0 Å².